The van der Waals surface area contributed by atoms with E-state index in [0.717, 1.165) is 36.0 Å². The van der Waals surface area contributed by atoms with Crippen LogP contribution < -0.4 is 0 Å². The molecule has 0 unspecified atom stereocenters. The van der Waals surface area contributed by atoms with Gasteiger partial charge >= 0.3 is 0 Å². The Morgan fingerprint density at radius 2 is 1.72 bits per heavy atom. The van der Waals surface area contributed by atoms with Crippen molar-refractivity contribution in [3.8, 4) is 0 Å². The summed E-state index contributed by atoms with van der Waals surface area (Å²) in [6, 6.07) is 17.2. The van der Waals surface area contributed by atoms with Gasteiger partial charge in [-0.2, -0.15) is 0 Å². The molecule has 2 aliphatic rings. The van der Waals surface area contributed by atoms with E-state index in [1.807, 2.05) is 47.4 Å². The van der Waals surface area contributed by atoms with Crippen molar-refractivity contribution >= 4 is 34.9 Å². The molecule has 166 valence electrons. The summed E-state index contributed by atoms with van der Waals surface area (Å²) in [6.45, 7) is 7.75. The molecule has 2 aromatic rings. The lowest BCUT2D eigenvalue weighted by molar-refractivity contribution is -0.123. The fourth-order valence-electron chi connectivity index (χ4n) is 3.94. The fraction of sp³-hybridized carbons (Fsp3) is 0.320. The molecule has 2 saturated heterocycles. The van der Waals surface area contributed by atoms with Crippen LogP contribution >= 0.6 is 11.8 Å². The Kier molecular flexibility index (Phi) is 6.77. The molecule has 0 atom stereocenters. The van der Waals surface area contributed by atoms with E-state index in [9.17, 15) is 14.4 Å². The second kappa shape index (κ2) is 9.71. The smallest absolute Gasteiger partial charge is 0.293 e. The molecule has 3 amide bonds. The maximum absolute atomic E-state index is 13.0. The highest BCUT2D eigenvalue weighted by atomic mass is 32.2. The third kappa shape index (κ3) is 4.95. The topological polar surface area (TPSA) is 60.9 Å². The molecule has 2 fully saturated rings. The number of piperazine rings is 1. The number of carbonyl (C=O) groups is 3. The molecular weight excluding hydrogens is 422 g/mol. The zero-order valence-electron chi connectivity index (χ0n) is 18.4. The summed E-state index contributed by atoms with van der Waals surface area (Å²) < 4.78 is 0. The van der Waals surface area contributed by atoms with Crippen LogP contribution in [0.25, 0.3) is 6.08 Å². The molecule has 32 heavy (non-hydrogen) atoms. The van der Waals surface area contributed by atoms with E-state index in [2.05, 4.69) is 18.7 Å². The van der Waals surface area contributed by atoms with Gasteiger partial charge in [0.1, 0.15) is 0 Å². The third-order valence-electron chi connectivity index (χ3n) is 5.82. The number of nitrogens with zero attached hydrogens (tertiary/aromatic N) is 3. The molecule has 0 aliphatic carbocycles. The number of benzene rings is 2. The maximum atomic E-state index is 13.0. The van der Waals surface area contributed by atoms with E-state index >= 15 is 0 Å². The Bertz CT molecular complexity index is 1040. The molecule has 6 nitrogen and oxygen atoms in total. The maximum Gasteiger partial charge on any atom is 0.293 e. The Morgan fingerprint density at radius 1 is 1.00 bits per heavy atom. The average molecular weight is 450 g/mol. The summed E-state index contributed by atoms with van der Waals surface area (Å²) in [5.41, 5.74) is 2.24. The van der Waals surface area contributed by atoms with Crippen molar-refractivity contribution in [2.75, 3.05) is 26.2 Å². The fourth-order valence-corrected chi connectivity index (χ4v) is 4.78. The molecule has 2 aromatic carbocycles. The largest absolute Gasteiger partial charge is 0.336 e. The summed E-state index contributed by atoms with van der Waals surface area (Å²) in [5.74, 6) is -0.300. The van der Waals surface area contributed by atoms with Gasteiger partial charge in [-0.05, 0) is 54.9 Å². The lowest BCUT2D eigenvalue weighted by Gasteiger charge is -2.37. The van der Waals surface area contributed by atoms with Crippen LogP contribution in [-0.4, -0.2) is 64.0 Å². The van der Waals surface area contributed by atoms with Gasteiger partial charge in [-0.15, -0.1) is 0 Å². The van der Waals surface area contributed by atoms with Gasteiger partial charge in [0, 0.05) is 37.8 Å². The first kappa shape index (κ1) is 22.3. The molecule has 2 heterocycles. The van der Waals surface area contributed by atoms with Gasteiger partial charge in [-0.3, -0.25) is 24.2 Å². The quantitative estimate of drug-likeness (QED) is 0.644. The van der Waals surface area contributed by atoms with Gasteiger partial charge in [-0.1, -0.05) is 42.5 Å². The van der Waals surface area contributed by atoms with Crippen LogP contribution in [0.4, 0.5) is 4.79 Å². The van der Waals surface area contributed by atoms with Crippen molar-refractivity contribution in [3.63, 3.8) is 0 Å². The van der Waals surface area contributed by atoms with Crippen molar-refractivity contribution in [1.82, 2.24) is 14.7 Å². The average Bonchev–Trinajstić information content (AvgIpc) is 3.07. The summed E-state index contributed by atoms with van der Waals surface area (Å²) in [6.07, 6.45) is 1.70. The van der Waals surface area contributed by atoms with Crippen molar-refractivity contribution in [2.24, 2.45) is 0 Å². The SMILES string of the molecule is CC(C)N1CCN(C(=O)c2cccc(C=C3SC(=O)N(Cc4ccccc4)C3=O)c2)CC1. The second-order valence-corrected chi connectivity index (χ2v) is 9.29. The molecule has 0 bridgehead atoms. The van der Waals surface area contributed by atoms with Gasteiger partial charge in [-0.25, -0.2) is 0 Å². The van der Waals surface area contributed by atoms with E-state index in [4.69, 9.17) is 0 Å². The Balaban J connectivity index is 1.46. The molecule has 0 spiro atoms. The molecule has 0 radical (unpaired) electrons. The molecule has 4 rings (SSSR count). The van der Waals surface area contributed by atoms with Gasteiger partial charge in [0.2, 0.25) is 0 Å². The Hall–Kier alpha value is -2.90. The summed E-state index contributed by atoms with van der Waals surface area (Å²) >= 11 is 0.939. The molecular formula is C25H27N3O3S. The van der Waals surface area contributed by atoms with Crippen molar-refractivity contribution in [2.45, 2.75) is 26.4 Å². The lowest BCUT2D eigenvalue weighted by Crippen LogP contribution is -2.50. The van der Waals surface area contributed by atoms with Crippen LogP contribution in [-0.2, 0) is 11.3 Å². The zero-order valence-corrected chi connectivity index (χ0v) is 19.2. The van der Waals surface area contributed by atoms with Gasteiger partial charge in [0.15, 0.2) is 0 Å². The van der Waals surface area contributed by atoms with Crippen molar-refractivity contribution < 1.29 is 14.4 Å². The zero-order chi connectivity index (χ0) is 22.7. The van der Waals surface area contributed by atoms with Crippen LogP contribution in [0.1, 0.15) is 35.3 Å². The lowest BCUT2D eigenvalue weighted by atomic mass is 10.1. The summed E-state index contributed by atoms with van der Waals surface area (Å²) in [4.78, 5) is 44.1. The van der Waals surface area contributed by atoms with Crippen molar-refractivity contribution in [3.05, 3.63) is 76.2 Å². The Morgan fingerprint density at radius 3 is 2.41 bits per heavy atom. The number of carbonyl (C=O) groups excluding carboxylic acids is 3. The third-order valence-corrected chi connectivity index (χ3v) is 6.73. The second-order valence-electron chi connectivity index (χ2n) is 8.30. The normalized spacial score (nSPS) is 18.8. The molecule has 7 heteroatoms. The number of thioether (sulfide) groups is 1. The van der Waals surface area contributed by atoms with E-state index in [1.165, 1.54) is 4.90 Å². The minimum atomic E-state index is -0.301. The van der Waals surface area contributed by atoms with Crippen LogP contribution in [0, 0.1) is 0 Å². The van der Waals surface area contributed by atoms with Crippen LogP contribution in [0.2, 0.25) is 0 Å². The number of rotatable bonds is 5. The molecule has 0 N–H and O–H groups in total. The monoisotopic (exact) mass is 449 g/mol. The number of hydrogen-bond acceptors (Lipinski definition) is 5. The van der Waals surface area contributed by atoms with Crippen molar-refractivity contribution in [1.29, 1.82) is 0 Å². The number of amides is 3. The van der Waals surface area contributed by atoms with Gasteiger partial charge < -0.3 is 4.90 Å². The predicted octanol–water partition coefficient (Wildman–Crippen LogP) is 4.09. The first-order chi connectivity index (χ1) is 15.4. The highest BCUT2D eigenvalue weighted by Crippen LogP contribution is 2.33. The molecule has 0 saturated carbocycles. The van der Waals surface area contributed by atoms with Crippen LogP contribution in [0.5, 0.6) is 0 Å². The van der Waals surface area contributed by atoms with E-state index < -0.39 is 0 Å². The number of hydrogen-bond donors (Lipinski definition) is 0. The minimum Gasteiger partial charge on any atom is -0.336 e. The van der Waals surface area contributed by atoms with Crippen LogP contribution in [0.3, 0.4) is 0 Å². The molecule has 0 aromatic heterocycles. The molecule has 2 aliphatic heterocycles. The standard InChI is InChI=1S/C25H27N3O3S/c1-18(2)26-11-13-27(14-12-26)23(29)21-10-6-9-20(15-21)16-22-24(30)28(25(31)32-22)17-19-7-4-3-5-8-19/h3-10,15-16,18H,11-14,17H2,1-2H3. The van der Waals surface area contributed by atoms with Gasteiger partial charge in [0.05, 0.1) is 11.4 Å². The van der Waals surface area contributed by atoms with E-state index in [0.29, 0.717) is 29.6 Å². The van der Waals surface area contributed by atoms with E-state index in [1.54, 1.807) is 18.2 Å². The highest BCUT2D eigenvalue weighted by Gasteiger charge is 2.35. The summed E-state index contributed by atoms with van der Waals surface area (Å²) in [7, 11) is 0. The van der Waals surface area contributed by atoms with Gasteiger partial charge in [0.25, 0.3) is 17.1 Å². The first-order valence-corrected chi connectivity index (χ1v) is 11.7. The Labute approximate surface area is 192 Å². The predicted molar refractivity (Wildman–Crippen MR) is 127 cm³/mol. The van der Waals surface area contributed by atoms with Crippen LogP contribution in [0.15, 0.2) is 59.5 Å². The first-order valence-electron chi connectivity index (χ1n) is 10.8. The minimum absolute atomic E-state index is 0.000776. The number of imide groups is 1. The summed E-state index contributed by atoms with van der Waals surface area (Å²) in [5, 5.41) is -0.277. The van der Waals surface area contributed by atoms with E-state index in [-0.39, 0.29) is 23.6 Å². The highest BCUT2D eigenvalue weighted by molar-refractivity contribution is 8.18.